The summed E-state index contributed by atoms with van der Waals surface area (Å²) in [5.41, 5.74) is 1.14. The van der Waals surface area contributed by atoms with E-state index >= 15 is 0 Å². The second kappa shape index (κ2) is 9.28. The molecule has 2 aromatic carbocycles. The Hall–Kier alpha value is -3.94. The summed E-state index contributed by atoms with van der Waals surface area (Å²) in [6.45, 7) is 1.47. The van der Waals surface area contributed by atoms with Gasteiger partial charge in [0, 0.05) is 11.8 Å². The molecule has 33 heavy (non-hydrogen) atoms. The topological polar surface area (TPSA) is 102 Å². The quantitative estimate of drug-likeness (QED) is 0.414. The van der Waals surface area contributed by atoms with Crippen molar-refractivity contribution in [3.63, 3.8) is 0 Å². The number of carbonyl (C=O) groups excluding carboxylic acids is 4. The number of methoxy groups -OCH3 is 1. The van der Waals surface area contributed by atoms with Crippen molar-refractivity contribution in [1.82, 2.24) is 0 Å². The zero-order chi connectivity index (χ0) is 23.5. The Morgan fingerprint density at radius 1 is 1.09 bits per heavy atom. The molecule has 1 aliphatic heterocycles. The Kier molecular flexibility index (Phi) is 6.26. The van der Waals surface area contributed by atoms with Gasteiger partial charge < -0.3 is 14.8 Å². The van der Waals surface area contributed by atoms with E-state index < -0.39 is 18.5 Å². The number of benzene rings is 2. The van der Waals surface area contributed by atoms with Crippen LogP contribution in [0.5, 0.6) is 5.75 Å². The number of imide groups is 1. The summed E-state index contributed by atoms with van der Waals surface area (Å²) < 4.78 is 10.2. The number of nitrogens with one attached hydrogen (secondary N) is 1. The fourth-order valence-electron chi connectivity index (χ4n) is 4.26. The van der Waals surface area contributed by atoms with Crippen molar-refractivity contribution in [1.29, 1.82) is 0 Å². The normalized spacial score (nSPS) is 21.5. The van der Waals surface area contributed by atoms with Crippen LogP contribution in [-0.4, -0.2) is 37.4 Å². The maximum Gasteiger partial charge on any atom is 0.338 e. The molecule has 0 saturated carbocycles. The van der Waals surface area contributed by atoms with Crippen molar-refractivity contribution in [3.05, 3.63) is 66.2 Å². The maximum absolute atomic E-state index is 12.9. The third-order valence-electron chi connectivity index (χ3n) is 5.92. The highest BCUT2D eigenvalue weighted by molar-refractivity contribution is 6.22. The highest BCUT2D eigenvalue weighted by Gasteiger charge is 2.50. The van der Waals surface area contributed by atoms with Gasteiger partial charge in [0.1, 0.15) is 5.75 Å². The van der Waals surface area contributed by atoms with Gasteiger partial charge in [-0.3, -0.25) is 19.3 Å². The molecule has 3 amide bonds. The number of amides is 3. The Labute approximate surface area is 191 Å². The SMILES string of the molecule is COc1cccc(NC(=O)COC(=O)c2ccc(N3C(=O)[C@H]4[C@H](C)C=CC[C@H]4C3=O)cc2)c1. The lowest BCUT2D eigenvalue weighted by atomic mass is 9.78. The largest absolute Gasteiger partial charge is 0.497 e. The van der Waals surface area contributed by atoms with Gasteiger partial charge in [0.2, 0.25) is 11.8 Å². The molecule has 0 unspecified atom stereocenters. The van der Waals surface area contributed by atoms with Crippen molar-refractivity contribution in [2.45, 2.75) is 13.3 Å². The van der Waals surface area contributed by atoms with Gasteiger partial charge in [-0.1, -0.05) is 25.1 Å². The summed E-state index contributed by atoms with van der Waals surface area (Å²) in [5, 5.41) is 2.62. The minimum Gasteiger partial charge on any atom is -0.497 e. The molecule has 2 aliphatic rings. The number of anilines is 2. The van der Waals surface area contributed by atoms with E-state index in [4.69, 9.17) is 9.47 Å². The lowest BCUT2D eigenvalue weighted by molar-refractivity contribution is -0.123. The molecule has 170 valence electrons. The number of esters is 1. The number of carbonyl (C=O) groups is 4. The molecular weight excluding hydrogens is 424 g/mol. The molecule has 1 fully saturated rings. The van der Waals surface area contributed by atoms with Crippen LogP contribution >= 0.6 is 0 Å². The number of rotatable bonds is 6. The summed E-state index contributed by atoms with van der Waals surface area (Å²) in [6.07, 6.45) is 4.47. The van der Waals surface area contributed by atoms with E-state index in [-0.39, 0.29) is 35.1 Å². The van der Waals surface area contributed by atoms with Gasteiger partial charge in [-0.2, -0.15) is 0 Å². The summed E-state index contributed by atoms with van der Waals surface area (Å²) in [4.78, 5) is 51.3. The van der Waals surface area contributed by atoms with Crippen LogP contribution in [-0.2, 0) is 19.1 Å². The molecule has 0 aromatic heterocycles. The van der Waals surface area contributed by atoms with E-state index in [1.807, 2.05) is 19.1 Å². The van der Waals surface area contributed by atoms with Crippen LogP contribution in [0.1, 0.15) is 23.7 Å². The molecule has 2 aromatic rings. The minimum absolute atomic E-state index is 0.00238. The van der Waals surface area contributed by atoms with E-state index in [0.717, 1.165) is 0 Å². The van der Waals surface area contributed by atoms with Crippen LogP contribution in [0.2, 0.25) is 0 Å². The molecule has 0 radical (unpaired) electrons. The van der Waals surface area contributed by atoms with E-state index in [9.17, 15) is 19.2 Å². The molecular formula is C25H24N2O6. The zero-order valence-corrected chi connectivity index (χ0v) is 18.3. The van der Waals surface area contributed by atoms with Gasteiger partial charge in [-0.05, 0) is 48.7 Å². The first-order chi connectivity index (χ1) is 15.9. The van der Waals surface area contributed by atoms with Crippen LogP contribution < -0.4 is 15.0 Å². The fraction of sp³-hybridized carbons (Fsp3) is 0.280. The van der Waals surface area contributed by atoms with Gasteiger partial charge in [0.25, 0.3) is 5.91 Å². The molecule has 8 heteroatoms. The summed E-state index contributed by atoms with van der Waals surface area (Å²) >= 11 is 0. The monoisotopic (exact) mass is 448 g/mol. The van der Waals surface area contributed by atoms with E-state index in [0.29, 0.717) is 23.5 Å². The molecule has 1 heterocycles. The Bertz CT molecular complexity index is 1120. The lowest BCUT2D eigenvalue weighted by Crippen LogP contribution is -2.31. The van der Waals surface area contributed by atoms with Gasteiger partial charge in [-0.25, -0.2) is 4.79 Å². The number of ether oxygens (including phenoxy) is 2. The average molecular weight is 448 g/mol. The van der Waals surface area contributed by atoms with Gasteiger partial charge in [0.15, 0.2) is 6.61 Å². The molecule has 1 N–H and O–H groups in total. The molecule has 1 saturated heterocycles. The number of hydrogen-bond donors (Lipinski definition) is 1. The molecule has 8 nitrogen and oxygen atoms in total. The number of nitrogens with zero attached hydrogens (tertiary/aromatic N) is 1. The van der Waals surface area contributed by atoms with Crippen molar-refractivity contribution in [2.75, 3.05) is 23.9 Å². The minimum atomic E-state index is -0.687. The van der Waals surface area contributed by atoms with Gasteiger partial charge >= 0.3 is 5.97 Å². The van der Waals surface area contributed by atoms with E-state index in [1.54, 1.807) is 24.3 Å². The number of allylic oxidation sites excluding steroid dienone is 2. The Balaban J connectivity index is 1.36. The Morgan fingerprint density at radius 3 is 2.55 bits per heavy atom. The van der Waals surface area contributed by atoms with Crippen LogP contribution in [0.4, 0.5) is 11.4 Å². The maximum atomic E-state index is 12.9. The van der Waals surface area contributed by atoms with Gasteiger partial charge in [-0.15, -0.1) is 0 Å². The van der Waals surface area contributed by atoms with E-state index in [1.165, 1.54) is 36.3 Å². The standard InChI is InChI=1S/C25H24N2O6/c1-15-5-3-8-20-22(15)24(30)27(23(20)29)18-11-9-16(10-12-18)25(31)33-14-21(28)26-17-6-4-7-19(13-17)32-2/h3-7,9-13,15,20,22H,8,14H2,1-2H3,(H,26,28)/t15-,20-,22+/m1/s1. The molecule has 0 spiro atoms. The van der Waals surface area contributed by atoms with Crippen LogP contribution in [0.15, 0.2) is 60.7 Å². The first-order valence-corrected chi connectivity index (χ1v) is 10.6. The predicted molar refractivity (Wildman–Crippen MR) is 121 cm³/mol. The summed E-state index contributed by atoms with van der Waals surface area (Å²) in [7, 11) is 1.52. The Morgan fingerprint density at radius 2 is 1.85 bits per heavy atom. The highest BCUT2D eigenvalue weighted by atomic mass is 16.5. The third-order valence-corrected chi connectivity index (χ3v) is 5.92. The lowest BCUT2D eigenvalue weighted by Gasteiger charge is -2.22. The molecule has 0 bridgehead atoms. The first kappa shape index (κ1) is 22.3. The third kappa shape index (κ3) is 4.50. The van der Waals surface area contributed by atoms with Gasteiger partial charge in [0.05, 0.1) is 30.2 Å². The number of fused-ring (bicyclic) bond motifs is 1. The molecule has 1 aliphatic carbocycles. The summed E-state index contributed by atoms with van der Waals surface area (Å²) in [6, 6.07) is 12.8. The smallest absolute Gasteiger partial charge is 0.338 e. The van der Waals surface area contributed by atoms with Crippen LogP contribution in [0.3, 0.4) is 0 Å². The molecule has 4 rings (SSSR count). The van der Waals surface area contributed by atoms with E-state index in [2.05, 4.69) is 5.32 Å². The van der Waals surface area contributed by atoms with Crippen molar-refractivity contribution >= 4 is 35.1 Å². The zero-order valence-electron chi connectivity index (χ0n) is 18.3. The first-order valence-electron chi connectivity index (χ1n) is 10.6. The van der Waals surface area contributed by atoms with Crippen molar-refractivity contribution in [2.24, 2.45) is 17.8 Å². The predicted octanol–water partition coefficient (Wildman–Crippen LogP) is 3.19. The molecule has 3 atom stereocenters. The average Bonchev–Trinajstić information content (AvgIpc) is 3.08. The second-order valence-electron chi connectivity index (χ2n) is 8.07. The van der Waals surface area contributed by atoms with Crippen LogP contribution in [0.25, 0.3) is 0 Å². The van der Waals surface area contributed by atoms with Crippen molar-refractivity contribution < 1.29 is 28.7 Å². The number of hydrogen-bond acceptors (Lipinski definition) is 6. The van der Waals surface area contributed by atoms with Crippen LogP contribution in [0, 0.1) is 17.8 Å². The highest BCUT2D eigenvalue weighted by Crippen LogP contribution is 2.40. The second-order valence-corrected chi connectivity index (χ2v) is 8.07. The summed E-state index contributed by atoms with van der Waals surface area (Å²) in [5.74, 6) is -1.72. The van der Waals surface area contributed by atoms with Crippen molar-refractivity contribution in [3.8, 4) is 5.75 Å². The fourth-order valence-corrected chi connectivity index (χ4v) is 4.26.